The molecular weight excluding hydrogens is 416 g/mol. The smallest absolute Gasteiger partial charge is 0.252 e. The van der Waals surface area contributed by atoms with Gasteiger partial charge in [0.15, 0.2) is 0 Å². The molecule has 0 aliphatic heterocycles. The molecule has 0 fully saturated rings. The van der Waals surface area contributed by atoms with Crippen molar-refractivity contribution in [3.8, 4) is 0 Å². The van der Waals surface area contributed by atoms with Crippen LogP contribution in [0.4, 0.5) is 0 Å². The minimum Gasteiger partial charge on any atom is -0.383 e. The highest BCUT2D eigenvalue weighted by molar-refractivity contribution is 7.89. The fourth-order valence-corrected chi connectivity index (χ4v) is 3.96. The van der Waals surface area contributed by atoms with Crippen molar-refractivity contribution in [1.82, 2.24) is 19.4 Å². The molecule has 3 aromatic rings. The van der Waals surface area contributed by atoms with Crippen LogP contribution in [0.2, 0.25) is 5.02 Å². The standard InChI is InChI=1S/C19H21ClN4O4S/c1-28-11-9-22-29(26,27)15-5-6-17(20)16(12-15)19(25)21-8-7-14-13-24-10-3-2-4-18(24)23-14/h2-6,10,12-13,22H,7-9,11H2,1H3,(H,21,25). The predicted molar refractivity (Wildman–Crippen MR) is 110 cm³/mol. The maximum atomic E-state index is 12.5. The van der Waals surface area contributed by atoms with E-state index in [1.165, 1.54) is 25.3 Å². The Balaban J connectivity index is 1.65. The van der Waals surface area contributed by atoms with Gasteiger partial charge in [-0.05, 0) is 30.3 Å². The molecule has 0 aliphatic carbocycles. The lowest BCUT2D eigenvalue weighted by Gasteiger charge is -2.10. The Hall–Kier alpha value is -2.46. The topological polar surface area (TPSA) is 102 Å². The molecule has 0 spiro atoms. The number of hydrogen-bond donors (Lipinski definition) is 2. The second-order valence-corrected chi connectivity index (χ2v) is 8.41. The van der Waals surface area contributed by atoms with E-state index in [0.29, 0.717) is 13.0 Å². The molecule has 29 heavy (non-hydrogen) atoms. The average Bonchev–Trinajstić information content (AvgIpc) is 3.11. The number of methoxy groups -OCH3 is 1. The summed E-state index contributed by atoms with van der Waals surface area (Å²) in [6.45, 7) is 0.702. The van der Waals surface area contributed by atoms with E-state index in [9.17, 15) is 13.2 Å². The number of nitrogens with one attached hydrogen (secondary N) is 2. The van der Waals surface area contributed by atoms with Crippen LogP contribution in [0.15, 0.2) is 53.7 Å². The van der Waals surface area contributed by atoms with Crippen molar-refractivity contribution < 1.29 is 17.9 Å². The van der Waals surface area contributed by atoms with Crippen molar-refractivity contribution >= 4 is 33.2 Å². The van der Waals surface area contributed by atoms with Crippen molar-refractivity contribution in [2.75, 3.05) is 26.8 Å². The number of fused-ring (bicyclic) bond motifs is 1. The summed E-state index contributed by atoms with van der Waals surface area (Å²) >= 11 is 6.11. The van der Waals surface area contributed by atoms with Crippen LogP contribution in [-0.2, 0) is 21.2 Å². The minimum absolute atomic E-state index is 0.0384. The van der Waals surface area contributed by atoms with Gasteiger partial charge in [-0.15, -0.1) is 0 Å². The van der Waals surface area contributed by atoms with E-state index >= 15 is 0 Å². The van der Waals surface area contributed by atoms with Gasteiger partial charge in [0.1, 0.15) is 5.65 Å². The molecule has 8 nitrogen and oxygen atoms in total. The maximum Gasteiger partial charge on any atom is 0.252 e. The van der Waals surface area contributed by atoms with Crippen LogP contribution in [0.5, 0.6) is 0 Å². The summed E-state index contributed by atoms with van der Waals surface area (Å²) in [5, 5.41) is 2.93. The summed E-state index contributed by atoms with van der Waals surface area (Å²) in [5.74, 6) is -0.451. The monoisotopic (exact) mass is 436 g/mol. The number of pyridine rings is 1. The van der Waals surface area contributed by atoms with Crippen molar-refractivity contribution in [3.63, 3.8) is 0 Å². The molecule has 2 N–H and O–H groups in total. The zero-order chi connectivity index (χ0) is 20.9. The molecule has 0 aliphatic rings. The number of imidazole rings is 1. The van der Waals surface area contributed by atoms with E-state index in [1.54, 1.807) is 0 Å². The van der Waals surface area contributed by atoms with E-state index < -0.39 is 15.9 Å². The first-order valence-electron chi connectivity index (χ1n) is 8.89. The first-order valence-corrected chi connectivity index (χ1v) is 10.8. The van der Waals surface area contributed by atoms with Crippen molar-refractivity contribution in [2.45, 2.75) is 11.3 Å². The fraction of sp³-hybridized carbons (Fsp3) is 0.263. The summed E-state index contributed by atoms with van der Waals surface area (Å²) in [7, 11) is -2.29. The number of nitrogens with zero attached hydrogens (tertiary/aromatic N) is 2. The lowest BCUT2D eigenvalue weighted by molar-refractivity contribution is 0.0954. The molecule has 0 unspecified atom stereocenters. The van der Waals surface area contributed by atoms with E-state index in [-0.39, 0.29) is 28.6 Å². The molecule has 1 amide bonds. The van der Waals surface area contributed by atoms with Gasteiger partial charge in [-0.1, -0.05) is 17.7 Å². The van der Waals surface area contributed by atoms with Gasteiger partial charge in [-0.2, -0.15) is 0 Å². The molecule has 0 saturated carbocycles. The molecule has 1 aromatic carbocycles. The molecule has 0 bridgehead atoms. The normalized spacial score (nSPS) is 11.7. The number of rotatable bonds is 9. The van der Waals surface area contributed by atoms with E-state index in [0.717, 1.165) is 11.3 Å². The van der Waals surface area contributed by atoms with Crippen LogP contribution in [0.1, 0.15) is 16.1 Å². The highest BCUT2D eigenvalue weighted by atomic mass is 35.5. The Morgan fingerprint density at radius 3 is 2.83 bits per heavy atom. The number of amides is 1. The van der Waals surface area contributed by atoms with Gasteiger partial charge in [0.2, 0.25) is 10.0 Å². The molecule has 154 valence electrons. The summed E-state index contributed by atoms with van der Waals surface area (Å²) in [6.07, 6.45) is 4.33. The molecule has 0 atom stereocenters. The van der Waals surface area contributed by atoms with E-state index in [2.05, 4.69) is 15.0 Å². The molecule has 2 aromatic heterocycles. The number of aromatic nitrogens is 2. The Labute approximate surface area is 173 Å². The third kappa shape index (κ3) is 5.33. The molecular formula is C19H21ClN4O4S. The van der Waals surface area contributed by atoms with Crippen LogP contribution in [0.25, 0.3) is 5.65 Å². The Morgan fingerprint density at radius 2 is 2.07 bits per heavy atom. The summed E-state index contributed by atoms with van der Waals surface area (Å²) in [5.41, 5.74) is 1.76. The Bertz CT molecular complexity index is 1080. The summed E-state index contributed by atoms with van der Waals surface area (Å²) in [4.78, 5) is 16.9. The number of halogens is 1. The van der Waals surface area contributed by atoms with Crippen molar-refractivity contribution in [1.29, 1.82) is 0 Å². The lowest BCUT2D eigenvalue weighted by Crippen LogP contribution is -2.28. The fourth-order valence-electron chi connectivity index (χ4n) is 2.71. The Morgan fingerprint density at radius 1 is 1.24 bits per heavy atom. The second-order valence-electron chi connectivity index (χ2n) is 6.24. The van der Waals surface area contributed by atoms with Gasteiger partial charge >= 0.3 is 0 Å². The first-order chi connectivity index (χ1) is 13.9. The highest BCUT2D eigenvalue weighted by Gasteiger charge is 2.18. The predicted octanol–water partition coefficient (Wildman–Crippen LogP) is 1.88. The molecule has 0 radical (unpaired) electrons. The van der Waals surface area contributed by atoms with Crippen LogP contribution in [0, 0.1) is 0 Å². The minimum atomic E-state index is -3.77. The third-order valence-electron chi connectivity index (χ3n) is 4.17. The maximum absolute atomic E-state index is 12.5. The van der Waals surface area contributed by atoms with Crippen molar-refractivity contribution in [3.05, 3.63) is 65.1 Å². The number of ether oxygens (including phenoxy) is 1. The van der Waals surface area contributed by atoms with Gasteiger partial charge in [0, 0.05) is 39.0 Å². The summed E-state index contributed by atoms with van der Waals surface area (Å²) in [6, 6.07) is 9.72. The average molecular weight is 437 g/mol. The highest BCUT2D eigenvalue weighted by Crippen LogP contribution is 2.20. The second kappa shape index (κ2) is 9.36. The van der Waals surface area contributed by atoms with Crippen molar-refractivity contribution in [2.24, 2.45) is 0 Å². The number of carbonyl (C=O) groups excluding carboxylic acids is 1. The molecule has 10 heteroatoms. The zero-order valence-electron chi connectivity index (χ0n) is 15.8. The quantitative estimate of drug-likeness (QED) is 0.499. The van der Waals surface area contributed by atoms with Crippen LogP contribution in [-0.4, -0.2) is 50.5 Å². The first kappa shape index (κ1) is 21.3. The van der Waals surface area contributed by atoms with Gasteiger partial charge in [-0.25, -0.2) is 18.1 Å². The van der Waals surface area contributed by atoms with Gasteiger partial charge < -0.3 is 14.5 Å². The van der Waals surface area contributed by atoms with Gasteiger partial charge in [-0.3, -0.25) is 4.79 Å². The largest absolute Gasteiger partial charge is 0.383 e. The van der Waals surface area contributed by atoms with Crippen LogP contribution >= 0.6 is 11.6 Å². The van der Waals surface area contributed by atoms with E-state index in [1.807, 2.05) is 35.0 Å². The lowest BCUT2D eigenvalue weighted by atomic mass is 10.2. The Kier molecular flexibility index (Phi) is 6.86. The molecule has 0 saturated heterocycles. The summed E-state index contributed by atoms with van der Waals surface area (Å²) < 4.78 is 33.8. The number of benzene rings is 1. The third-order valence-corrected chi connectivity index (χ3v) is 5.96. The number of hydrogen-bond acceptors (Lipinski definition) is 5. The van der Waals surface area contributed by atoms with Crippen LogP contribution < -0.4 is 10.0 Å². The van der Waals surface area contributed by atoms with Gasteiger partial charge in [0.05, 0.1) is 27.8 Å². The number of sulfonamides is 1. The SMILES string of the molecule is COCCNS(=O)(=O)c1ccc(Cl)c(C(=O)NCCc2cn3ccccc3n2)c1. The molecule has 3 rings (SSSR count). The van der Waals surface area contributed by atoms with Gasteiger partial charge in [0.25, 0.3) is 5.91 Å². The van der Waals surface area contributed by atoms with E-state index in [4.69, 9.17) is 16.3 Å². The van der Waals surface area contributed by atoms with Crippen LogP contribution in [0.3, 0.4) is 0 Å². The zero-order valence-corrected chi connectivity index (χ0v) is 17.3. The number of carbonyl (C=O) groups is 1. The molecule has 2 heterocycles.